The van der Waals surface area contributed by atoms with Gasteiger partial charge in [0, 0.05) is 31.4 Å². The standard InChI is InChI=1S/C10H19N3/c1-9(2)7-13(3)5-4-10-6-11-8-12-10/h6,8-9H,4-5,7H2,1-3H3,(H,11,12). The van der Waals surface area contributed by atoms with Gasteiger partial charge >= 0.3 is 0 Å². The van der Waals surface area contributed by atoms with Gasteiger partial charge in [0.1, 0.15) is 0 Å². The van der Waals surface area contributed by atoms with Crippen molar-refractivity contribution in [1.82, 2.24) is 14.9 Å². The Balaban J connectivity index is 2.19. The van der Waals surface area contributed by atoms with E-state index in [2.05, 4.69) is 35.8 Å². The first-order valence-electron chi connectivity index (χ1n) is 4.84. The molecule has 0 amide bonds. The Hall–Kier alpha value is -0.830. The molecule has 3 nitrogen and oxygen atoms in total. The van der Waals surface area contributed by atoms with E-state index in [1.807, 2.05) is 6.20 Å². The Labute approximate surface area is 80.2 Å². The van der Waals surface area contributed by atoms with Crippen LogP contribution >= 0.6 is 0 Å². The summed E-state index contributed by atoms with van der Waals surface area (Å²) in [6.45, 7) is 6.74. The highest BCUT2D eigenvalue weighted by Gasteiger charge is 2.02. The molecule has 74 valence electrons. The highest BCUT2D eigenvalue weighted by Crippen LogP contribution is 1.98. The van der Waals surface area contributed by atoms with Gasteiger partial charge in [-0.1, -0.05) is 13.8 Å². The molecule has 0 aliphatic rings. The van der Waals surface area contributed by atoms with Gasteiger partial charge < -0.3 is 9.88 Å². The number of nitrogens with zero attached hydrogens (tertiary/aromatic N) is 2. The number of hydrogen-bond donors (Lipinski definition) is 1. The molecule has 0 saturated heterocycles. The first-order valence-corrected chi connectivity index (χ1v) is 4.84. The maximum absolute atomic E-state index is 3.99. The van der Waals surface area contributed by atoms with E-state index in [9.17, 15) is 0 Å². The summed E-state index contributed by atoms with van der Waals surface area (Å²) >= 11 is 0. The van der Waals surface area contributed by atoms with Gasteiger partial charge in [0.2, 0.25) is 0 Å². The third kappa shape index (κ3) is 4.08. The van der Waals surface area contributed by atoms with E-state index >= 15 is 0 Å². The van der Waals surface area contributed by atoms with Crippen molar-refractivity contribution >= 4 is 0 Å². The van der Waals surface area contributed by atoms with Gasteiger partial charge in [-0.05, 0) is 13.0 Å². The second kappa shape index (κ2) is 5.02. The molecule has 0 spiro atoms. The van der Waals surface area contributed by atoms with Crippen LogP contribution in [0.25, 0.3) is 0 Å². The molecule has 0 radical (unpaired) electrons. The van der Waals surface area contributed by atoms with Crippen LogP contribution in [0.4, 0.5) is 0 Å². The molecule has 3 heteroatoms. The van der Waals surface area contributed by atoms with E-state index in [-0.39, 0.29) is 0 Å². The van der Waals surface area contributed by atoms with Crippen molar-refractivity contribution in [2.75, 3.05) is 20.1 Å². The Bertz CT molecular complexity index is 216. The summed E-state index contributed by atoms with van der Waals surface area (Å²) in [5, 5.41) is 0. The maximum atomic E-state index is 3.99. The number of likely N-dealkylation sites (N-methyl/N-ethyl adjacent to an activating group) is 1. The Morgan fingerprint density at radius 3 is 2.85 bits per heavy atom. The quantitative estimate of drug-likeness (QED) is 0.747. The largest absolute Gasteiger partial charge is 0.348 e. The summed E-state index contributed by atoms with van der Waals surface area (Å²) in [6, 6.07) is 0. The highest BCUT2D eigenvalue weighted by atomic mass is 15.1. The summed E-state index contributed by atoms with van der Waals surface area (Å²) in [4.78, 5) is 9.45. The first kappa shape index (κ1) is 10.3. The van der Waals surface area contributed by atoms with Gasteiger partial charge in [-0.15, -0.1) is 0 Å². The second-order valence-corrected chi connectivity index (χ2v) is 3.98. The smallest absolute Gasteiger partial charge is 0.0921 e. The maximum Gasteiger partial charge on any atom is 0.0921 e. The molecule has 1 heterocycles. The van der Waals surface area contributed by atoms with Gasteiger partial charge in [0.25, 0.3) is 0 Å². The van der Waals surface area contributed by atoms with Crippen LogP contribution in [-0.4, -0.2) is 35.0 Å². The fraction of sp³-hybridized carbons (Fsp3) is 0.700. The fourth-order valence-corrected chi connectivity index (χ4v) is 1.45. The number of hydrogen-bond acceptors (Lipinski definition) is 2. The summed E-state index contributed by atoms with van der Waals surface area (Å²) in [5.41, 5.74) is 1.22. The van der Waals surface area contributed by atoms with Crippen LogP contribution in [-0.2, 0) is 6.42 Å². The van der Waals surface area contributed by atoms with Crippen LogP contribution in [0.15, 0.2) is 12.5 Å². The molecule has 0 fully saturated rings. The SMILES string of the molecule is CC(C)CN(C)CCc1cnc[nH]1. The van der Waals surface area contributed by atoms with Crippen LogP contribution in [0, 0.1) is 5.92 Å². The number of imidazole rings is 1. The van der Waals surface area contributed by atoms with Crippen molar-refractivity contribution < 1.29 is 0 Å². The predicted octanol–water partition coefficient (Wildman–Crippen LogP) is 1.54. The van der Waals surface area contributed by atoms with Gasteiger partial charge in [-0.3, -0.25) is 0 Å². The molecular weight excluding hydrogens is 162 g/mol. The van der Waals surface area contributed by atoms with Crippen molar-refractivity contribution in [2.24, 2.45) is 5.92 Å². The molecular formula is C10H19N3. The molecule has 1 rings (SSSR count). The van der Waals surface area contributed by atoms with Crippen LogP contribution in [0.3, 0.4) is 0 Å². The number of aromatic nitrogens is 2. The zero-order valence-corrected chi connectivity index (χ0v) is 8.75. The van der Waals surface area contributed by atoms with E-state index in [0.717, 1.165) is 25.4 Å². The summed E-state index contributed by atoms with van der Waals surface area (Å²) in [5.74, 6) is 0.742. The summed E-state index contributed by atoms with van der Waals surface area (Å²) < 4.78 is 0. The Morgan fingerprint density at radius 1 is 1.54 bits per heavy atom. The minimum Gasteiger partial charge on any atom is -0.348 e. The van der Waals surface area contributed by atoms with E-state index in [1.54, 1.807) is 6.33 Å². The lowest BCUT2D eigenvalue weighted by Gasteiger charge is -2.18. The fourth-order valence-electron chi connectivity index (χ4n) is 1.45. The molecule has 0 atom stereocenters. The van der Waals surface area contributed by atoms with Gasteiger partial charge in [-0.25, -0.2) is 4.98 Å². The second-order valence-electron chi connectivity index (χ2n) is 3.98. The minimum absolute atomic E-state index is 0.742. The van der Waals surface area contributed by atoms with Crippen molar-refractivity contribution in [3.63, 3.8) is 0 Å². The molecule has 1 aromatic heterocycles. The normalized spacial score (nSPS) is 11.5. The van der Waals surface area contributed by atoms with Crippen LogP contribution in [0.2, 0.25) is 0 Å². The molecule has 0 unspecified atom stereocenters. The van der Waals surface area contributed by atoms with Crippen LogP contribution in [0.5, 0.6) is 0 Å². The molecule has 0 aliphatic heterocycles. The van der Waals surface area contributed by atoms with Crippen LogP contribution < -0.4 is 0 Å². The number of rotatable bonds is 5. The monoisotopic (exact) mass is 181 g/mol. The zero-order chi connectivity index (χ0) is 9.68. The summed E-state index contributed by atoms with van der Waals surface area (Å²) in [6.07, 6.45) is 4.68. The van der Waals surface area contributed by atoms with E-state index < -0.39 is 0 Å². The van der Waals surface area contributed by atoms with E-state index in [4.69, 9.17) is 0 Å². The third-order valence-corrected chi connectivity index (χ3v) is 1.99. The van der Waals surface area contributed by atoms with Crippen LogP contribution in [0.1, 0.15) is 19.5 Å². The van der Waals surface area contributed by atoms with Crippen molar-refractivity contribution in [3.05, 3.63) is 18.2 Å². The topological polar surface area (TPSA) is 31.9 Å². The predicted molar refractivity (Wildman–Crippen MR) is 54.6 cm³/mol. The van der Waals surface area contributed by atoms with Gasteiger partial charge in [-0.2, -0.15) is 0 Å². The van der Waals surface area contributed by atoms with Gasteiger partial charge in [0.15, 0.2) is 0 Å². The summed E-state index contributed by atoms with van der Waals surface area (Å²) in [7, 11) is 2.16. The number of nitrogens with one attached hydrogen (secondary N) is 1. The van der Waals surface area contributed by atoms with Crippen molar-refractivity contribution in [2.45, 2.75) is 20.3 Å². The molecule has 13 heavy (non-hydrogen) atoms. The first-order chi connectivity index (χ1) is 6.18. The lowest BCUT2D eigenvalue weighted by atomic mass is 10.2. The number of aromatic amines is 1. The van der Waals surface area contributed by atoms with Crippen molar-refractivity contribution in [3.8, 4) is 0 Å². The molecule has 1 N–H and O–H groups in total. The molecule has 0 aromatic carbocycles. The van der Waals surface area contributed by atoms with Gasteiger partial charge in [0.05, 0.1) is 6.33 Å². The number of H-pyrrole nitrogens is 1. The minimum atomic E-state index is 0.742. The Kier molecular flexibility index (Phi) is 3.96. The molecule has 0 bridgehead atoms. The Morgan fingerprint density at radius 2 is 2.31 bits per heavy atom. The highest BCUT2D eigenvalue weighted by molar-refractivity contribution is 4.94. The third-order valence-electron chi connectivity index (χ3n) is 1.99. The molecule has 0 aliphatic carbocycles. The lowest BCUT2D eigenvalue weighted by molar-refractivity contribution is 0.298. The van der Waals surface area contributed by atoms with Crippen molar-refractivity contribution in [1.29, 1.82) is 0 Å². The lowest BCUT2D eigenvalue weighted by Crippen LogP contribution is -2.25. The molecule has 0 saturated carbocycles. The van der Waals surface area contributed by atoms with E-state index in [1.165, 1.54) is 5.69 Å². The average molecular weight is 181 g/mol. The van der Waals surface area contributed by atoms with E-state index in [0.29, 0.717) is 0 Å². The molecule has 1 aromatic rings. The average Bonchev–Trinajstić information content (AvgIpc) is 2.51. The zero-order valence-electron chi connectivity index (χ0n) is 8.75.